The molecule has 0 radical (unpaired) electrons. The van der Waals surface area contributed by atoms with Gasteiger partial charge in [-0.25, -0.2) is 16.8 Å². The van der Waals surface area contributed by atoms with Crippen molar-refractivity contribution >= 4 is 53.0 Å². The highest BCUT2D eigenvalue weighted by Crippen LogP contribution is 2.31. The molecule has 10 nitrogen and oxygen atoms in total. The SMILES string of the molecule is Cc1c(O)ccc2cc(S(=O)(=O)Nc3ccccc3O)ccc12.Cc1c(O)ccc2cc(S(=O)(=O)Nc3ccccc3O)ccc12. The maximum absolute atomic E-state index is 12.5. The monoisotopic (exact) mass is 658 g/mol. The lowest BCUT2D eigenvalue weighted by atomic mass is 10.1. The van der Waals surface area contributed by atoms with Crippen LogP contribution in [0.2, 0.25) is 0 Å². The Labute approximate surface area is 265 Å². The number of hydrogen-bond acceptors (Lipinski definition) is 8. The summed E-state index contributed by atoms with van der Waals surface area (Å²) in [5, 5.41) is 41.8. The van der Waals surface area contributed by atoms with Crippen molar-refractivity contribution in [1.29, 1.82) is 0 Å². The lowest BCUT2D eigenvalue weighted by molar-refractivity contribution is 0.471. The minimum atomic E-state index is -3.82. The van der Waals surface area contributed by atoms with Gasteiger partial charge in [-0.3, -0.25) is 9.44 Å². The summed E-state index contributed by atoms with van der Waals surface area (Å²) in [6, 6.07) is 28.0. The van der Waals surface area contributed by atoms with Crippen LogP contribution in [0.4, 0.5) is 11.4 Å². The van der Waals surface area contributed by atoms with Gasteiger partial charge in [-0.15, -0.1) is 0 Å². The van der Waals surface area contributed by atoms with E-state index in [0.717, 1.165) is 10.8 Å². The van der Waals surface area contributed by atoms with Crippen LogP contribution in [0.5, 0.6) is 23.0 Å². The number of fused-ring (bicyclic) bond motifs is 2. The van der Waals surface area contributed by atoms with Crippen molar-refractivity contribution < 1.29 is 37.3 Å². The number of nitrogens with one attached hydrogen (secondary N) is 2. The topological polar surface area (TPSA) is 173 Å². The van der Waals surface area contributed by atoms with Gasteiger partial charge in [0.05, 0.1) is 21.2 Å². The van der Waals surface area contributed by atoms with Crippen LogP contribution in [0.3, 0.4) is 0 Å². The number of phenolic OH excluding ortho intramolecular Hbond substituents is 4. The minimum absolute atomic E-state index is 0.0818. The van der Waals surface area contributed by atoms with Crippen LogP contribution in [-0.2, 0) is 20.0 Å². The Morgan fingerprint density at radius 2 is 0.826 bits per heavy atom. The van der Waals surface area contributed by atoms with E-state index in [1.807, 2.05) is 0 Å². The van der Waals surface area contributed by atoms with Crippen LogP contribution in [0.15, 0.2) is 119 Å². The first-order valence-electron chi connectivity index (χ1n) is 13.8. The normalized spacial score (nSPS) is 11.5. The molecule has 0 aliphatic carbocycles. The molecular weight excluding hydrogens is 629 g/mol. The van der Waals surface area contributed by atoms with Crippen molar-refractivity contribution in [1.82, 2.24) is 0 Å². The lowest BCUT2D eigenvalue weighted by Gasteiger charge is -2.11. The molecule has 6 aromatic rings. The van der Waals surface area contributed by atoms with E-state index in [1.54, 1.807) is 62.4 Å². The highest BCUT2D eigenvalue weighted by Gasteiger charge is 2.18. The molecule has 0 aliphatic rings. The number of phenols is 4. The number of rotatable bonds is 6. The summed E-state index contributed by atoms with van der Waals surface area (Å²) in [4.78, 5) is 0.164. The predicted octanol–water partition coefficient (Wildman–Crippen LogP) is 6.72. The Balaban J connectivity index is 0.000000181. The lowest BCUT2D eigenvalue weighted by Crippen LogP contribution is -2.13. The molecule has 0 aliphatic heterocycles. The molecule has 0 saturated carbocycles. The fourth-order valence-corrected chi connectivity index (χ4v) is 6.98. The Hall–Kier alpha value is -5.46. The smallest absolute Gasteiger partial charge is 0.262 e. The van der Waals surface area contributed by atoms with Crippen molar-refractivity contribution in [2.75, 3.05) is 9.44 Å². The molecule has 0 atom stereocenters. The standard InChI is InChI=1S/2C17H15NO4S/c2*1-11-14-8-7-13(10-12(14)6-9-16(11)19)23(21,22)18-15-4-2-3-5-17(15)20/h2*2-10,18-20H,1H3. The molecule has 0 spiro atoms. The molecule has 46 heavy (non-hydrogen) atoms. The van der Waals surface area contributed by atoms with Gasteiger partial charge in [-0.2, -0.15) is 0 Å². The van der Waals surface area contributed by atoms with E-state index in [2.05, 4.69) is 9.44 Å². The highest BCUT2D eigenvalue weighted by atomic mass is 32.2. The van der Waals surface area contributed by atoms with E-state index >= 15 is 0 Å². The zero-order valence-corrected chi connectivity index (χ0v) is 26.3. The van der Waals surface area contributed by atoms with Gasteiger partial charge in [-0.1, -0.05) is 48.5 Å². The molecule has 0 amide bonds. The second kappa shape index (κ2) is 12.5. The van der Waals surface area contributed by atoms with Crippen LogP contribution in [0.25, 0.3) is 21.5 Å². The predicted molar refractivity (Wildman–Crippen MR) is 179 cm³/mol. The van der Waals surface area contributed by atoms with Gasteiger partial charge in [0.1, 0.15) is 23.0 Å². The maximum atomic E-state index is 12.5. The van der Waals surface area contributed by atoms with Gasteiger partial charge < -0.3 is 20.4 Å². The molecule has 0 fully saturated rings. The second-order valence-electron chi connectivity index (χ2n) is 10.4. The third kappa shape index (κ3) is 6.63. The van der Waals surface area contributed by atoms with E-state index in [-0.39, 0.29) is 44.2 Å². The Bertz CT molecular complexity index is 2160. The number of anilines is 2. The molecule has 236 valence electrons. The number of aromatic hydroxyl groups is 4. The van der Waals surface area contributed by atoms with Crippen LogP contribution in [0, 0.1) is 13.8 Å². The fourth-order valence-electron chi connectivity index (χ4n) is 4.77. The van der Waals surface area contributed by atoms with E-state index in [1.165, 1.54) is 60.7 Å². The van der Waals surface area contributed by atoms with Crippen LogP contribution in [0.1, 0.15) is 11.1 Å². The summed E-state index contributed by atoms with van der Waals surface area (Å²) < 4.78 is 54.6. The van der Waals surface area contributed by atoms with Gasteiger partial charge >= 0.3 is 0 Å². The molecule has 6 rings (SSSR count). The molecule has 6 N–H and O–H groups in total. The summed E-state index contributed by atoms with van der Waals surface area (Å²) in [5.74, 6) is 0.0520. The van der Waals surface area contributed by atoms with Crippen molar-refractivity contribution in [3.8, 4) is 23.0 Å². The van der Waals surface area contributed by atoms with Crippen LogP contribution in [-0.4, -0.2) is 37.3 Å². The summed E-state index contributed by atoms with van der Waals surface area (Å²) in [7, 11) is -7.65. The highest BCUT2D eigenvalue weighted by molar-refractivity contribution is 7.93. The first-order valence-corrected chi connectivity index (χ1v) is 16.8. The van der Waals surface area contributed by atoms with Gasteiger partial charge in [0.15, 0.2) is 0 Å². The maximum Gasteiger partial charge on any atom is 0.262 e. The summed E-state index contributed by atoms with van der Waals surface area (Å²) in [5.41, 5.74) is 1.63. The third-order valence-electron chi connectivity index (χ3n) is 7.38. The molecule has 0 aromatic heterocycles. The minimum Gasteiger partial charge on any atom is -0.508 e. The number of benzene rings is 6. The summed E-state index contributed by atoms with van der Waals surface area (Å²) in [6.45, 7) is 3.54. The average molecular weight is 659 g/mol. The average Bonchev–Trinajstić information content (AvgIpc) is 3.03. The van der Waals surface area contributed by atoms with Crippen molar-refractivity contribution in [2.45, 2.75) is 23.6 Å². The first kappa shape index (κ1) is 31.9. The van der Waals surface area contributed by atoms with E-state index in [4.69, 9.17) is 0 Å². The molecule has 0 bridgehead atoms. The Kier molecular flexibility index (Phi) is 8.68. The van der Waals surface area contributed by atoms with Gasteiger partial charge in [-0.05, 0) is 107 Å². The van der Waals surface area contributed by atoms with Crippen molar-refractivity contribution in [2.24, 2.45) is 0 Å². The number of hydrogen-bond donors (Lipinski definition) is 6. The second-order valence-corrected chi connectivity index (χ2v) is 13.8. The quantitative estimate of drug-likeness (QED) is 0.107. The first-order chi connectivity index (χ1) is 21.8. The molecule has 6 aromatic carbocycles. The Morgan fingerprint density at radius 1 is 0.457 bits per heavy atom. The number of para-hydroxylation sites is 4. The number of aryl methyl sites for hydroxylation is 2. The van der Waals surface area contributed by atoms with E-state index in [0.29, 0.717) is 21.9 Å². The van der Waals surface area contributed by atoms with Gasteiger partial charge in [0.2, 0.25) is 0 Å². The molecule has 0 heterocycles. The van der Waals surface area contributed by atoms with Gasteiger partial charge in [0, 0.05) is 0 Å². The van der Waals surface area contributed by atoms with Crippen molar-refractivity contribution in [3.63, 3.8) is 0 Å². The fraction of sp³-hybridized carbons (Fsp3) is 0.0588. The van der Waals surface area contributed by atoms with Crippen LogP contribution >= 0.6 is 0 Å². The third-order valence-corrected chi connectivity index (χ3v) is 10.1. The van der Waals surface area contributed by atoms with Crippen molar-refractivity contribution in [3.05, 3.63) is 120 Å². The largest absolute Gasteiger partial charge is 0.508 e. The zero-order chi connectivity index (χ0) is 33.2. The molecule has 0 saturated heterocycles. The molecule has 12 heteroatoms. The van der Waals surface area contributed by atoms with Crippen LogP contribution < -0.4 is 9.44 Å². The van der Waals surface area contributed by atoms with E-state index in [9.17, 15) is 37.3 Å². The number of sulfonamides is 2. The summed E-state index contributed by atoms with van der Waals surface area (Å²) >= 11 is 0. The van der Waals surface area contributed by atoms with E-state index < -0.39 is 20.0 Å². The summed E-state index contributed by atoms with van der Waals surface area (Å²) in [6.07, 6.45) is 0. The van der Waals surface area contributed by atoms with Gasteiger partial charge in [0.25, 0.3) is 20.0 Å². The molecule has 0 unspecified atom stereocenters. The zero-order valence-electron chi connectivity index (χ0n) is 24.6. The Morgan fingerprint density at radius 3 is 1.20 bits per heavy atom. The molecular formula is C34H30N2O8S2.